The normalized spacial score (nSPS) is 10.8. The maximum Gasteiger partial charge on any atom is 0.150 e. The van der Waals surface area contributed by atoms with E-state index < -0.39 is 0 Å². The number of anilines is 1. The molecule has 0 saturated heterocycles. The number of pyridine rings is 1. The number of hydrogen-bond acceptors (Lipinski definition) is 5. The van der Waals surface area contributed by atoms with E-state index in [1.807, 2.05) is 55.5 Å². The summed E-state index contributed by atoms with van der Waals surface area (Å²) in [5.41, 5.74) is 5.83. The predicted octanol–water partition coefficient (Wildman–Crippen LogP) is 3.29. The summed E-state index contributed by atoms with van der Waals surface area (Å²) in [7, 11) is 0. The second kappa shape index (κ2) is 6.58. The van der Waals surface area contributed by atoms with Crippen LogP contribution in [0.25, 0.3) is 11.3 Å². The summed E-state index contributed by atoms with van der Waals surface area (Å²) in [6.45, 7) is 1.87. The maximum atomic E-state index is 4.46. The monoisotopic (exact) mass is 289 g/mol. The highest BCUT2D eigenvalue weighted by molar-refractivity contribution is 5.79. The van der Waals surface area contributed by atoms with Crippen molar-refractivity contribution in [2.45, 2.75) is 6.92 Å². The highest BCUT2D eigenvalue weighted by Gasteiger charge is 2.03. The van der Waals surface area contributed by atoms with Gasteiger partial charge >= 0.3 is 0 Å². The molecule has 0 fully saturated rings. The summed E-state index contributed by atoms with van der Waals surface area (Å²) in [5.74, 6) is 1.36. The fourth-order valence-corrected chi connectivity index (χ4v) is 2.00. The Balaban J connectivity index is 1.80. The minimum atomic E-state index is 0.664. The standard InChI is InChI=1S/C17H15N5/c1-13-20-16(15-5-3-2-4-6-15)11-17(21-13)22-19-12-14-7-9-18-10-8-14/h2-12H,1H3,(H,20,21,22)/b19-12-. The molecule has 5 heteroatoms. The van der Waals surface area contributed by atoms with E-state index in [9.17, 15) is 0 Å². The molecule has 0 saturated carbocycles. The smallest absolute Gasteiger partial charge is 0.150 e. The first-order chi connectivity index (χ1) is 10.8. The second-order valence-corrected chi connectivity index (χ2v) is 4.70. The molecule has 0 unspecified atom stereocenters. The third-order valence-electron chi connectivity index (χ3n) is 3.01. The molecule has 0 aliphatic heterocycles. The number of nitrogens with one attached hydrogen (secondary N) is 1. The second-order valence-electron chi connectivity index (χ2n) is 4.70. The molecule has 0 aliphatic rings. The molecule has 0 atom stereocenters. The lowest BCUT2D eigenvalue weighted by Gasteiger charge is -2.05. The van der Waals surface area contributed by atoms with Crippen LogP contribution in [-0.2, 0) is 0 Å². The van der Waals surface area contributed by atoms with Gasteiger partial charge in [0.05, 0.1) is 11.9 Å². The van der Waals surface area contributed by atoms with Crippen LogP contribution >= 0.6 is 0 Å². The van der Waals surface area contributed by atoms with Crippen LogP contribution in [0.4, 0.5) is 5.82 Å². The number of aryl methyl sites for hydroxylation is 1. The summed E-state index contributed by atoms with van der Waals surface area (Å²) in [6.07, 6.45) is 5.18. The molecule has 2 heterocycles. The summed E-state index contributed by atoms with van der Waals surface area (Å²) < 4.78 is 0. The van der Waals surface area contributed by atoms with Crippen molar-refractivity contribution in [3.05, 3.63) is 72.3 Å². The number of aromatic nitrogens is 3. The van der Waals surface area contributed by atoms with Gasteiger partial charge in [-0.05, 0) is 24.6 Å². The molecule has 108 valence electrons. The van der Waals surface area contributed by atoms with E-state index in [0.717, 1.165) is 16.8 Å². The van der Waals surface area contributed by atoms with Crippen LogP contribution in [0.1, 0.15) is 11.4 Å². The van der Waals surface area contributed by atoms with Crippen molar-refractivity contribution in [2.75, 3.05) is 5.43 Å². The molecular formula is C17H15N5. The molecule has 0 radical (unpaired) electrons. The van der Waals surface area contributed by atoms with Gasteiger partial charge in [0.2, 0.25) is 0 Å². The first kappa shape index (κ1) is 13.9. The van der Waals surface area contributed by atoms with Crippen molar-refractivity contribution in [1.29, 1.82) is 0 Å². The minimum absolute atomic E-state index is 0.664. The van der Waals surface area contributed by atoms with Gasteiger partial charge in [0.25, 0.3) is 0 Å². The first-order valence-corrected chi connectivity index (χ1v) is 6.91. The molecule has 2 aromatic heterocycles. The van der Waals surface area contributed by atoms with E-state index in [4.69, 9.17) is 0 Å². The van der Waals surface area contributed by atoms with Crippen molar-refractivity contribution in [2.24, 2.45) is 5.10 Å². The Kier molecular flexibility index (Phi) is 4.15. The average molecular weight is 289 g/mol. The van der Waals surface area contributed by atoms with Crippen LogP contribution in [0.5, 0.6) is 0 Å². The summed E-state index contributed by atoms with van der Waals surface area (Å²) in [4.78, 5) is 12.8. The molecule has 0 spiro atoms. The summed E-state index contributed by atoms with van der Waals surface area (Å²) in [6, 6.07) is 15.6. The van der Waals surface area contributed by atoms with E-state index in [1.165, 1.54) is 0 Å². The zero-order valence-corrected chi connectivity index (χ0v) is 12.1. The fourth-order valence-electron chi connectivity index (χ4n) is 2.00. The van der Waals surface area contributed by atoms with Crippen LogP contribution in [0.2, 0.25) is 0 Å². The van der Waals surface area contributed by atoms with Crippen LogP contribution in [0.3, 0.4) is 0 Å². The Morgan fingerprint density at radius 2 is 1.77 bits per heavy atom. The zero-order valence-electron chi connectivity index (χ0n) is 12.1. The van der Waals surface area contributed by atoms with Gasteiger partial charge in [0, 0.05) is 24.0 Å². The fraction of sp³-hybridized carbons (Fsp3) is 0.0588. The third kappa shape index (κ3) is 3.52. The van der Waals surface area contributed by atoms with Crippen molar-refractivity contribution >= 4 is 12.0 Å². The van der Waals surface area contributed by atoms with Gasteiger partial charge in [0.15, 0.2) is 0 Å². The van der Waals surface area contributed by atoms with E-state index in [1.54, 1.807) is 18.6 Å². The molecule has 0 amide bonds. The lowest BCUT2D eigenvalue weighted by atomic mass is 10.1. The Bertz CT molecular complexity index is 770. The first-order valence-electron chi connectivity index (χ1n) is 6.91. The van der Waals surface area contributed by atoms with Gasteiger partial charge in [-0.15, -0.1) is 0 Å². The topological polar surface area (TPSA) is 63.1 Å². The quantitative estimate of drug-likeness (QED) is 0.591. The number of hydrazone groups is 1. The summed E-state index contributed by atoms with van der Waals surface area (Å²) in [5, 5.41) is 4.19. The van der Waals surface area contributed by atoms with Crippen molar-refractivity contribution in [3.63, 3.8) is 0 Å². The van der Waals surface area contributed by atoms with Gasteiger partial charge in [-0.2, -0.15) is 5.10 Å². The van der Waals surface area contributed by atoms with Crippen LogP contribution < -0.4 is 5.43 Å². The number of nitrogens with zero attached hydrogens (tertiary/aromatic N) is 4. The highest BCUT2D eigenvalue weighted by atomic mass is 15.3. The Morgan fingerprint density at radius 1 is 1.00 bits per heavy atom. The van der Waals surface area contributed by atoms with E-state index in [2.05, 4.69) is 25.5 Å². The van der Waals surface area contributed by atoms with Gasteiger partial charge in [0.1, 0.15) is 11.6 Å². The highest BCUT2D eigenvalue weighted by Crippen LogP contribution is 2.19. The lowest BCUT2D eigenvalue weighted by molar-refractivity contribution is 1.05. The number of rotatable bonds is 4. The molecule has 3 rings (SSSR count). The van der Waals surface area contributed by atoms with Gasteiger partial charge in [-0.3, -0.25) is 10.4 Å². The predicted molar refractivity (Wildman–Crippen MR) is 87.7 cm³/mol. The van der Waals surface area contributed by atoms with E-state index in [-0.39, 0.29) is 0 Å². The molecule has 1 aromatic carbocycles. The third-order valence-corrected chi connectivity index (χ3v) is 3.01. The van der Waals surface area contributed by atoms with Gasteiger partial charge in [-0.25, -0.2) is 9.97 Å². The van der Waals surface area contributed by atoms with Crippen LogP contribution in [0.15, 0.2) is 66.0 Å². The van der Waals surface area contributed by atoms with Crippen molar-refractivity contribution < 1.29 is 0 Å². The molecule has 22 heavy (non-hydrogen) atoms. The van der Waals surface area contributed by atoms with Crippen LogP contribution in [-0.4, -0.2) is 21.2 Å². The maximum absolute atomic E-state index is 4.46. The van der Waals surface area contributed by atoms with Gasteiger partial charge in [-0.1, -0.05) is 30.3 Å². The minimum Gasteiger partial charge on any atom is -0.265 e. The molecule has 0 bridgehead atoms. The van der Waals surface area contributed by atoms with Crippen molar-refractivity contribution in [1.82, 2.24) is 15.0 Å². The molecule has 1 N–H and O–H groups in total. The number of benzene rings is 1. The Labute approximate surface area is 128 Å². The molecule has 3 aromatic rings. The number of hydrogen-bond donors (Lipinski definition) is 1. The lowest BCUT2D eigenvalue weighted by Crippen LogP contribution is -1.98. The van der Waals surface area contributed by atoms with E-state index >= 15 is 0 Å². The molecular weight excluding hydrogens is 274 g/mol. The summed E-state index contributed by atoms with van der Waals surface area (Å²) >= 11 is 0. The largest absolute Gasteiger partial charge is 0.265 e. The van der Waals surface area contributed by atoms with Crippen molar-refractivity contribution in [3.8, 4) is 11.3 Å². The van der Waals surface area contributed by atoms with Gasteiger partial charge < -0.3 is 0 Å². The van der Waals surface area contributed by atoms with Crippen LogP contribution in [0, 0.1) is 6.92 Å². The SMILES string of the molecule is Cc1nc(N/N=C\c2ccncc2)cc(-c2ccccc2)n1. The zero-order chi connectivity index (χ0) is 15.2. The molecule has 5 nitrogen and oxygen atoms in total. The van der Waals surface area contributed by atoms with E-state index in [0.29, 0.717) is 11.6 Å². The molecule has 0 aliphatic carbocycles. The Hall–Kier alpha value is -3.08. The average Bonchev–Trinajstić information content (AvgIpc) is 2.56. The Morgan fingerprint density at radius 3 is 2.55 bits per heavy atom.